The van der Waals surface area contributed by atoms with Gasteiger partial charge in [0.05, 0.1) is 4.90 Å². The van der Waals surface area contributed by atoms with E-state index in [0.29, 0.717) is 23.9 Å². The summed E-state index contributed by atoms with van der Waals surface area (Å²) in [6.07, 6.45) is 3.08. The Morgan fingerprint density at radius 2 is 1.71 bits per heavy atom. The lowest BCUT2D eigenvalue weighted by Gasteiger charge is -2.33. The predicted octanol–water partition coefficient (Wildman–Crippen LogP) is 1.41. The van der Waals surface area contributed by atoms with Gasteiger partial charge in [0.25, 0.3) is 0 Å². The van der Waals surface area contributed by atoms with Crippen molar-refractivity contribution in [1.82, 2.24) is 20.5 Å². The van der Waals surface area contributed by atoms with Crippen LogP contribution in [0.15, 0.2) is 46.4 Å². The predicted molar refractivity (Wildman–Crippen MR) is 125 cm³/mol. The van der Waals surface area contributed by atoms with E-state index in [2.05, 4.69) is 43.5 Å². The Kier molecular flexibility index (Phi) is 7.50. The van der Waals surface area contributed by atoms with Gasteiger partial charge in [-0.25, -0.2) is 13.4 Å². The molecular weight excluding hydrogens is 412 g/mol. The zero-order valence-electron chi connectivity index (χ0n) is 18.7. The second-order valence-electron chi connectivity index (χ2n) is 7.96. The Balaban J connectivity index is 1.55. The molecule has 168 valence electrons. The van der Waals surface area contributed by atoms with E-state index in [1.165, 1.54) is 6.26 Å². The molecule has 8 nitrogen and oxygen atoms in total. The Hall–Kier alpha value is -2.65. The van der Waals surface area contributed by atoms with Gasteiger partial charge in [0, 0.05) is 58.8 Å². The minimum atomic E-state index is -3.21. The maximum absolute atomic E-state index is 11.8. The highest BCUT2D eigenvalue weighted by atomic mass is 32.2. The Morgan fingerprint density at radius 3 is 2.29 bits per heavy atom. The van der Waals surface area contributed by atoms with Crippen molar-refractivity contribution in [2.75, 3.05) is 51.4 Å². The van der Waals surface area contributed by atoms with Crippen molar-refractivity contribution >= 4 is 21.6 Å². The number of aliphatic imine (C=N–C) groups is 1. The SMILES string of the molecule is CN=C(NCc1ccnc(N2CCN(C)CC2)c1)NCc1ccc(S(C)(=O)=O)c(C)c1. The lowest BCUT2D eigenvalue weighted by molar-refractivity contribution is 0.312. The summed E-state index contributed by atoms with van der Waals surface area (Å²) in [5.74, 6) is 1.69. The van der Waals surface area contributed by atoms with Gasteiger partial charge in [-0.15, -0.1) is 0 Å². The molecule has 2 N–H and O–H groups in total. The summed E-state index contributed by atoms with van der Waals surface area (Å²) in [5, 5.41) is 6.61. The molecule has 0 radical (unpaired) electrons. The first-order valence-corrected chi connectivity index (χ1v) is 12.3. The number of rotatable bonds is 6. The molecular formula is C22H32N6O2S. The standard InChI is InChI=1S/C22H32N6O2S/c1-17-13-18(5-6-20(17)31(4,29)30)15-25-22(23-2)26-16-19-7-8-24-21(14-19)28-11-9-27(3)10-12-28/h5-8,13-14H,9-12,15-16H2,1-4H3,(H2,23,25,26). The van der Waals surface area contributed by atoms with E-state index in [0.717, 1.165) is 48.7 Å². The Morgan fingerprint density at radius 1 is 1.06 bits per heavy atom. The number of guanidine groups is 1. The van der Waals surface area contributed by atoms with Crippen LogP contribution in [0.4, 0.5) is 5.82 Å². The molecule has 1 fully saturated rings. The molecule has 3 rings (SSSR count). The van der Waals surface area contributed by atoms with Crippen molar-refractivity contribution in [2.24, 2.45) is 4.99 Å². The summed E-state index contributed by atoms with van der Waals surface area (Å²) in [6.45, 7) is 7.07. The molecule has 1 aliphatic rings. The second kappa shape index (κ2) is 10.1. The fraction of sp³-hybridized carbons (Fsp3) is 0.455. The first kappa shape index (κ1) is 23.0. The Bertz CT molecular complexity index is 1030. The summed E-state index contributed by atoms with van der Waals surface area (Å²) < 4.78 is 23.6. The van der Waals surface area contributed by atoms with E-state index in [9.17, 15) is 8.42 Å². The first-order valence-electron chi connectivity index (χ1n) is 10.4. The number of pyridine rings is 1. The lowest BCUT2D eigenvalue weighted by Crippen LogP contribution is -2.44. The monoisotopic (exact) mass is 444 g/mol. The number of aromatic nitrogens is 1. The number of hydrogen-bond acceptors (Lipinski definition) is 6. The number of benzene rings is 1. The molecule has 0 unspecified atom stereocenters. The van der Waals surface area contributed by atoms with Crippen LogP contribution in [-0.4, -0.2) is 70.8 Å². The minimum absolute atomic E-state index is 0.368. The number of aryl methyl sites for hydroxylation is 1. The third-order valence-corrected chi connectivity index (χ3v) is 6.68. The Labute approximate surface area is 185 Å². The largest absolute Gasteiger partial charge is 0.354 e. The molecule has 0 amide bonds. The maximum atomic E-state index is 11.8. The third kappa shape index (κ3) is 6.41. The molecule has 1 aromatic heterocycles. The molecule has 0 atom stereocenters. The van der Waals surface area contributed by atoms with E-state index < -0.39 is 9.84 Å². The number of anilines is 1. The van der Waals surface area contributed by atoms with Crippen LogP contribution >= 0.6 is 0 Å². The summed E-state index contributed by atoms with van der Waals surface area (Å²) >= 11 is 0. The van der Waals surface area contributed by atoms with Gasteiger partial charge in [-0.1, -0.05) is 12.1 Å². The molecule has 31 heavy (non-hydrogen) atoms. The van der Waals surface area contributed by atoms with Crippen molar-refractivity contribution in [2.45, 2.75) is 24.9 Å². The quantitative estimate of drug-likeness (QED) is 0.514. The summed E-state index contributed by atoms with van der Waals surface area (Å²) in [4.78, 5) is 13.8. The second-order valence-corrected chi connectivity index (χ2v) is 9.95. The van der Waals surface area contributed by atoms with Crippen LogP contribution in [0.1, 0.15) is 16.7 Å². The van der Waals surface area contributed by atoms with Gasteiger partial charge in [0.2, 0.25) is 0 Å². The number of sulfone groups is 1. The van der Waals surface area contributed by atoms with Crippen molar-refractivity contribution in [3.63, 3.8) is 0 Å². The van der Waals surface area contributed by atoms with Crippen molar-refractivity contribution in [1.29, 1.82) is 0 Å². The molecule has 2 heterocycles. The fourth-order valence-electron chi connectivity index (χ4n) is 3.61. The van der Waals surface area contributed by atoms with Gasteiger partial charge in [-0.3, -0.25) is 4.99 Å². The third-order valence-electron chi connectivity index (χ3n) is 5.42. The summed E-state index contributed by atoms with van der Waals surface area (Å²) in [5.41, 5.74) is 2.88. The molecule has 2 aromatic rings. The number of nitrogens with one attached hydrogen (secondary N) is 2. The molecule has 9 heteroatoms. The van der Waals surface area contributed by atoms with Gasteiger partial charge in [0.1, 0.15) is 5.82 Å². The normalized spacial score (nSPS) is 15.7. The molecule has 0 aliphatic carbocycles. The maximum Gasteiger partial charge on any atom is 0.191 e. The number of likely N-dealkylation sites (N-methyl/N-ethyl adjacent to an activating group) is 1. The van der Waals surface area contributed by atoms with Crippen LogP contribution in [0, 0.1) is 6.92 Å². The summed E-state index contributed by atoms with van der Waals surface area (Å²) in [7, 11) is 0.668. The highest BCUT2D eigenvalue weighted by molar-refractivity contribution is 7.90. The van der Waals surface area contributed by atoms with Crippen LogP contribution in [0.5, 0.6) is 0 Å². The molecule has 0 bridgehead atoms. The van der Waals surface area contributed by atoms with Crippen LogP contribution in [-0.2, 0) is 22.9 Å². The van der Waals surface area contributed by atoms with Gasteiger partial charge >= 0.3 is 0 Å². The highest BCUT2D eigenvalue weighted by Gasteiger charge is 2.15. The van der Waals surface area contributed by atoms with E-state index in [-0.39, 0.29) is 0 Å². The topological polar surface area (TPSA) is 89.9 Å². The zero-order chi connectivity index (χ0) is 22.4. The highest BCUT2D eigenvalue weighted by Crippen LogP contribution is 2.17. The average Bonchev–Trinajstić information content (AvgIpc) is 2.74. The molecule has 1 saturated heterocycles. The van der Waals surface area contributed by atoms with Gasteiger partial charge in [-0.05, 0) is 48.9 Å². The van der Waals surface area contributed by atoms with Crippen LogP contribution in [0.2, 0.25) is 0 Å². The van der Waals surface area contributed by atoms with E-state index in [1.54, 1.807) is 13.1 Å². The summed E-state index contributed by atoms with van der Waals surface area (Å²) in [6, 6.07) is 9.51. The number of hydrogen-bond donors (Lipinski definition) is 2. The van der Waals surface area contributed by atoms with Crippen LogP contribution in [0.3, 0.4) is 0 Å². The van der Waals surface area contributed by atoms with Crippen LogP contribution < -0.4 is 15.5 Å². The molecule has 1 aromatic carbocycles. The minimum Gasteiger partial charge on any atom is -0.354 e. The first-order chi connectivity index (χ1) is 14.8. The lowest BCUT2D eigenvalue weighted by atomic mass is 10.1. The molecule has 0 saturated carbocycles. The van der Waals surface area contributed by atoms with Crippen molar-refractivity contribution in [3.05, 3.63) is 53.2 Å². The fourth-order valence-corrected chi connectivity index (χ4v) is 4.57. The number of piperazine rings is 1. The molecule has 0 spiro atoms. The smallest absolute Gasteiger partial charge is 0.191 e. The van der Waals surface area contributed by atoms with Crippen LogP contribution in [0.25, 0.3) is 0 Å². The van der Waals surface area contributed by atoms with E-state index >= 15 is 0 Å². The van der Waals surface area contributed by atoms with Crippen molar-refractivity contribution in [3.8, 4) is 0 Å². The van der Waals surface area contributed by atoms with E-state index in [1.807, 2.05) is 31.3 Å². The zero-order valence-corrected chi connectivity index (χ0v) is 19.5. The van der Waals surface area contributed by atoms with Gasteiger partial charge in [-0.2, -0.15) is 0 Å². The average molecular weight is 445 g/mol. The van der Waals surface area contributed by atoms with Gasteiger partial charge in [0.15, 0.2) is 15.8 Å². The molecule has 1 aliphatic heterocycles. The number of nitrogens with zero attached hydrogens (tertiary/aromatic N) is 4. The van der Waals surface area contributed by atoms with Crippen molar-refractivity contribution < 1.29 is 8.42 Å². The van der Waals surface area contributed by atoms with Gasteiger partial charge < -0.3 is 20.4 Å². The van der Waals surface area contributed by atoms with E-state index in [4.69, 9.17) is 0 Å².